The number of carbonyl (C=O) groups excluding carboxylic acids is 2. The topological polar surface area (TPSA) is 58.2 Å². The van der Waals surface area contributed by atoms with Gasteiger partial charge in [-0.05, 0) is 50.9 Å². The highest BCUT2D eigenvalue weighted by Crippen LogP contribution is 2.37. The first-order valence-corrected chi connectivity index (χ1v) is 7.31. The second-order valence-corrected chi connectivity index (χ2v) is 7.02. The summed E-state index contributed by atoms with van der Waals surface area (Å²) >= 11 is 0. The van der Waals surface area contributed by atoms with Crippen LogP contribution in [0.4, 0.5) is 0 Å². The van der Waals surface area contributed by atoms with Gasteiger partial charge in [0, 0.05) is 12.1 Å². The van der Waals surface area contributed by atoms with E-state index < -0.39 is 11.8 Å². The minimum absolute atomic E-state index is 0.00474. The molecule has 0 saturated heterocycles. The van der Waals surface area contributed by atoms with Gasteiger partial charge in [-0.3, -0.25) is 9.59 Å². The Morgan fingerprint density at radius 2 is 1.53 bits per heavy atom. The molecule has 0 aliphatic heterocycles. The molecule has 0 bridgehead atoms. The molecule has 2 amide bonds. The maximum absolute atomic E-state index is 11.7. The van der Waals surface area contributed by atoms with E-state index in [0.29, 0.717) is 11.3 Å². The van der Waals surface area contributed by atoms with E-state index in [1.807, 2.05) is 13.8 Å². The Bertz CT molecular complexity index is 324. The van der Waals surface area contributed by atoms with Crippen LogP contribution in [0, 0.1) is 11.3 Å². The average molecular weight is 268 g/mol. The van der Waals surface area contributed by atoms with Crippen molar-refractivity contribution in [3.8, 4) is 0 Å². The molecule has 4 heteroatoms. The van der Waals surface area contributed by atoms with E-state index >= 15 is 0 Å². The summed E-state index contributed by atoms with van der Waals surface area (Å²) < 4.78 is 0. The third kappa shape index (κ3) is 5.21. The maximum Gasteiger partial charge on any atom is 0.309 e. The van der Waals surface area contributed by atoms with Gasteiger partial charge in [-0.25, -0.2) is 0 Å². The minimum atomic E-state index is -0.520. The summed E-state index contributed by atoms with van der Waals surface area (Å²) in [4.78, 5) is 23.2. The Balaban J connectivity index is 2.37. The molecule has 1 saturated carbocycles. The predicted octanol–water partition coefficient (Wildman–Crippen LogP) is 2.23. The van der Waals surface area contributed by atoms with E-state index in [2.05, 4.69) is 31.4 Å². The van der Waals surface area contributed by atoms with E-state index in [9.17, 15) is 9.59 Å². The van der Waals surface area contributed by atoms with Crippen LogP contribution in [0.2, 0.25) is 0 Å². The molecular formula is C15H28N2O2. The fourth-order valence-corrected chi connectivity index (χ4v) is 2.68. The largest absolute Gasteiger partial charge is 0.346 e. The van der Waals surface area contributed by atoms with Crippen LogP contribution in [0.1, 0.15) is 60.3 Å². The van der Waals surface area contributed by atoms with E-state index in [1.54, 1.807) is 0 Å². The van der Waals surface area contributed by atoms with Crippen LogP contribution < -0.4 is 10.6 Å². The SMILES string of the molecule is CC(C)NC(=O)C(=O)NC1CCC(C(C)(C)C)CC1. The molecule has 0 spiro atoms. The van der Waals surface area contributed by atoms with Crippen LogP contribution in [-0.2, 0) is 9.59 Å². The molecule has 1 fully saturated rings. The molecule has 0 unspecified atom stereocenters. The molecule has 1 aliphatic carbocycles. The Morgan fingerprint density at radius 1 is 1.00 bits per heavy atom. The van der Waals surface area contributed by atoms with Gasteiger partial charge in [0.2, 0.25) is 0 Å². The number of rotatable bonds is 2. The standard InChI is InChI=1S/C15H28N2O2/c1-10(2)16-13(18)14(19)17-12-8-6-11(7-9-12)15(3,4)5/h10-12H,6-9H2,1-5H3,(H,16,18)(H,17,19). The number of hydrogen-bond donors (Lipinski definition) is 2. The highest BCUT2D eigenvalue weighted by Gasteiger charge is 2.30. The minimum Gasteiger partial charge on any atom is -0.346 e. The molecule has 0 atom stereocenters. The molecule has 0 aromatic rings. The number of nitrogens with one attached hydrogen (secondary N) is 2. The lowest BCUT2D eigenvalue weighted by atomic mass is 9.71. The van der Waals surface area contributed by atoms with Crippen molar-refractivity contribution in [1.82, 2.24) is 10.6 Å². The van der Waals surface area contributed by atoms with Crippen LogP contribution >= 0.6 is 0 Å². The molecule has 0 radical (unpaired) electrons. The van der Waals surface area contributed by atoms with Crippen LogP contribution in [0.25, 0.3) is 0 Å². The number of carbonyl (C=O) groups is 2. The van der Waals surface area contributed by atoms with Crippen LogP contribution in [0.5, 0.6) is 0 Å². The van der Waals surface area contributed by atoms with Crippen molar-refractivity contribution in [3.05, 3.63) is 0 Å². The summed E-state index contributed by atoms with van der Waals surface area (Å²) in [6, 6.07) is 0.152. The summed E-state index contributed by atoms with van der Waals surface area (Å²) in [5.41, 5.74) is 0.337. The van der Waals surface area contributed by atoms with Crippen LogP contribution in [0.3, 0.4) is 0 Å². The zero-order valence-electron chi connectivity index (χ0n) is 12.9. The normalized spacial score (nSPS) is 24.1. The van der Waals surface area contributed by atoms with Gasteiger partial charge < -0.3 is 10.6 Å². The van der Waals surface area contributed by atoms with Gasteiger partial charge in [0.05, 0.1) is 0 Å². The highest BCUT2D eigenvalue weighted by molar-refractivity contribution is 6.35. The van der Waals surface area contributed by atoms with Crippen LogP contribution in [-0.4, -0.2) is 23.9 Å². The molecule has 110 valence electrons. The molecule has 4 nitrogen and oxygen atoms in total. The van der Waals surface area contributed by atoms with Crippen molar-refractivity contribution in [2.75, 3.05) is 0 Å². The molecular weight excluding hydrogens is 240 g/mol. The number of amides is 2. The molecule has 1 rings (SSSR count). The van der Waals surface area contributed by atoms with Gasteiger partial charge in [0.1, 0.15) is 0 Å². The Morgan fingerprint density at radius 3 is 1.95 bits per heavy atom. The second kappa shape index (κ2) is 6.40. The van der Waals surface area contributed by atoms with Crippen molar-refractivity contribution in [2.24, 2.45) is 11.3 Å². The zero-order valence-corrected chi connectivity index (χ0v) is 12.9. The van der Waals surface area contributed by atoms with Crippen molar-refractivity contribution >= 4 is 11.8 Å². The number of hydrogen-bond acceptors (Lipinski definition) is 2. The van der Waals surface area contributed by atoms with E-state index in [0.717, 1.165) is 25.7 Å². The Labute approximate surface area is 116 Å². The molecule has 0 aromatic carbocycles. The lowest BCUT2D eigenvalue weighted by Crippen LogP contribution is -2.47. The smallest absolute Gasteiger partial charge is 0.309 e. The lowest BCUT2D eigenvalue weighted by Gasteiger charge is -2.37. The van der Waals surface area contributed by atoms with Gasteiger partial charge >= 0.3 is 11.8 Å². The first-order chi connectivity index (χ1) is 8.70. The summed E-state index contributed by atoms with van der Waals surface area (Å²) in [6.07, 6.45) is 4.20. The summed E-state index contributed by atoms with van der Waals surface area (Å²) in [7, 11) is 0. The van der Waals surface area contributed by atoms with Gasteiger partial charge in [-0.15, -0.1) is 0 Å². The third-order valence-electron chi connectivity index (χ3n) is 3.91. The summed E-state index contributed by atoms with van der Waals surface area (Å²) in [5.74, 6) is -0.300. The summed E-state index contributed by atoms with van der Waals surface area (Å²) in [6.45, 7) is 10.5. The first kappa shape index (κ1) is 16.0. The van der Waals surface area contributed by atoms with Crippen molar-refractivity contribution in [1.29, 1.82) is 0 Å². The van der Waals surface area contributed by atoms with E-state index in [4.69, 9.17) is 0 Å². The molecule has 19 heavy (non-hydrogen) atoms. The fraction of sp³-hybridized carbons (Fsp3) is 0.867. The van der Waals surface area contributed by atoms with Crippen LogP contribution in [0.15, 0.2) is 0 Å². The van der Waals surface area contributed by atoms with E-state index in [-0.39, 0.29) is 12.1 Å². The fourth-order valence-electron chi connectivity index (χ4n) is 2.68. The van der Waals surface area contributed by atoms with Crippen molar-refractivity contribution in [2.45, 2.75) is 72.4 Å². The molecule has 1 aliphatic rings. The zero-order chi connectivity index (χ0) is 14.6. The molecule has 0 aromatic heterocycles. The van der Waals surface area contributed by atoms with Gasteiger partial charge in [0.25, 0.3) is 0 Å². The monoisotopic (exact) mass is 268 g/mol. The quantitative estimate of drug-likeness (QED) is 0.755. The molecule has 0 heterocycles. The van der Waals surface area contributed by atoms with Gasteiger partial charge in [-0.2, -0.15) is 0 Å². The highest BCUT2D eigenvalue weighted by atomic mass is 16.2. The van der Waals surface area contributed by atoms with E-state index in [1.165, 1.54) is 0 Å². The third-order valence-corrected chi connectivity index (χ3v) is 3.91. The second-order valence-electron chi connectivity index (χ2n) is 7.02. The van der Waals surface area contributed by atoms with Gasteiger partial charge in [0.15, 0.2) is 0 Å². The lowest BCUT2D eigenvalue weighted by molar-refractivity contribution is -0.140. The Kier molecular flexibility index (Phi) is 5.39. The van der Waals surface area contributed by atoms with Crippen molar-refractivity contribution in [3.63, 3.8) is 0 Å². The van der Waals surface area contributed by atoms with Crippen molar-refractivity contribution < 1.29 is 9.59 Å². The van der Waals surface area contributed by atoms with Gasteiger partial charge in [-0.1, -0.05) is 20.8 Å². The first-order valence-electron chi connectivity index (χ1n) is 7.31. The average Bonchev–Trinajstić information content (AvgIpc) is 2.27. The predicted molar refractivity (Wildman–Crippen MR) is 76.6 cm³/mol. The summed E-state index contributed by atoms with van der Waals surface area (Å²) in [5, 5.41) is 5.46. The maximum atomic E-state index is 11.7. The Hall–Kier alpha value is -1.06. The molecule has 2 N–H and O–H groups in total.